The number of Topliss-reactive ketones (excluding diaryl/α,β-unsaturated/α-hetero) is 1. The van der Waals surface area contributed by atoms with Crippen molar-refractivity contribution >= 4 is 33.6 Å². The van der Waals surface area contributed by atoms with Crippen LogP contribution in [0.3, 0.4) is 0 Å². The second-order valence-electron chi connectivity index (χ2n) is 4.13. The predicted octanol–water partition coefficient (Wildman–Crippen LogP) is 3.73. The smallest absolute Gasteiger partial charge is 0.308 e. The lowest BCUT2D eigenvalue weighted by Gasteiger charge is -2.30. The van der Waals surface area contributed by atoms with Crippen molar-refractivity contribution in [2.24, 2.45) is 0 Å². The fraction of sp³-hybridized carbons (Fsp3) is 0.917. The largest absolute Gasteiger partial charge is 0.346 e. The highest BCUT2D eigenvalue weighted by molar-refractivity contribution is 7.81. The van der Waals surface area contributed by atoms with E-state index in [0.717, 1.165) is 0 Å². The van der Waals surface area contributed by atoms with Gasteiger partial charge in [-0.25, -0.2) is 0 Å². The van der Waals surface area contributed by atoms with Crippen LogP contribution in [-0.2, 0) is 32.0 Å². The van der Waals surface area contributed by atoms with E-state index in [-0.39, 0.29) is 44.4 Å². The van der Waals surface area contributed by atoms with Gasteiger partial charge in [-0.05, 0) is 27.7 Å². The SMILES string of the molecule is CCOP(=O)(OCC)C(CC(=O)CS)P(=O)(OCC)OCC. The number of carbonyl (C=O) groups is 1. The van der Waals surface area contributed by atoms with Crippen molar-refractivity contribution in [1.82, 2.24) is 0 Å². The van der Waals surface area contributed by atoms with E-state index in [2.05, 4.69) is 12.6 Å². The minimum absolute atomic E-state index is 0.0764. The molecule has 0 aromatic carbocycles. The summed E-state index contributed by atoms with van der Waals surface area (Å²) >= 11 is 3.90. The number of hydrogen-bond acceptors (Lipinski definition) is 8. The molecule has 0 aliphatic carbocycles. The maximum Gasteiger partial charge on any atom is 0.346 e. The zero-order valence-electron chi connectivity index (χ0n) is 13.5. The fourth-order valence-electron chi connectivity index (χ4n) is 1.80. The lowest BCUT2D eigenvalue weighted by molar-refractivity contribution is -0.116. The van der Waals surface area contributed by atoms with Gasteiger partial charge in [0.05, 0.1) is 26.4 Å². The molecule has 132 valence electrons. The molecule has 0 bridgehead atoms. The van der Waals surface area contributed by atoms with E-state index in [4.69, 9.17) is 18.1 Å². The molecule has 7 nitrogen and oxygen atoms in total. The molecule has 0 spiro atoms. The Kier molecular flexibility index (Phi) is 11.1. The van der Waals surface area contributed by atoms with Crippen molar-refractivity contribution in [2.75, 3.05) is 32.2 Å². The Hall–Kier alpha value is 0.320. The molecule has 0 atom stereocenters. The third-order valence-electron chi connectivity index (χ3n) is 2.55. The summed E-state index contributed by atoms with van der Waals surface area (Å²) in [7, 11) is -7.69. The maximum absolute atomic E-state index is 13.0. The summed E-state index contributed by atoms with van der Waals surface area (Å²) in [4.78, 5) is 11.8. The Balaban J connectivity index is 5.80. The Morgan fingerprint density at radius 1 is 0.864 bits per heavy atom. The average Bonchev–Trinajstić information content (AvgIpc) is 2.45. The van der Waals surface area contributed by atoms with E-state index < -0.39 is 20.6 Å². The Bertz CT molecular complexity index is 380. The molecule has 0 aliphatic heterocycles. The average molecular weight is 376 g/mol. The highest BCUT2D eigenvalue weighted by atomic mass is 32.1. The van der Waals surface area contributed by atoms with E-state index >= 15 is 0 Å². The van der Waals surface area contributed by atoms with Gasteiger partial charge in [0.1, 0.15) is 5.78 Å². The molecular weight excluding hydrogens is 350 g/mol. The quantitative estimate of drug-likeness (QED) is 0.387. The first-order valence-corrected chi connectivity index (χ1v) is 11.1. The van der Waals surface area contributed by atoms with Crippen molar-refractivity contribution in [2.45, 2.75) is 39.5 Å². The van der Waals surface area contributed by atoms with E-state index in [1.165, 1.54) is 0 Å². The first kappa shape index (κ1) is 22.3. The van der Waals surface area contributed by atoms with Crippen molar-refractivity contribution in [3.05, 3.63) is 0 Å². The maximum atomic E-state index is 13.0. The summed E-state index contributed by atoms with van der Waals surface area (Å²) in [5.74, 6) is -0.417. The van der Waals surface area contributed by atoms with Crippen LogP contribution >= 0.6 is 27.8 Å². The Morgan fingerprint density at radius 3 is 1.41 bits per heavy atom. The van der Waals surface area contributed by atoms with Gasteiger partial charge in [0.25, 0.3) is 0 Å². The molecule has 0 N–H and O–H groups in total. The van der Waals surface area contributed by atoms with Gasteiger partial charge >= 0.3 is 15.2 Å². The topological polar surface area (TPSA) is 88.1 Å². The molecular formula is C12H26O7P2S. The van der Waals surface area contributed by atoms with Crippen LogP contribution in [0, 0.1) is 0 Å². The lowest BCUT2D eigenvalue weighted by atomic mass is 10.3. The minimum Gasteiger partial charge on any atom is -0.308 e. The summed E-state index contributed by atoms with van der Waals surface area (Å²) in [5.41, 5.74) is 0. The molecule has 0 unspecified atom stereocenters. The van der Waals surface area contributed by atoms with Gasteiger partial charge in [-0.2, -0.15) is 12.6 Å². The van der Waals surface area contributed by atoms with E-state index in [9.17, 15) is 13.9 Å². The Morgan fingerprint density at radius 2 is 1.18 bits per heavy atom. The summed E-state index contributed by atoms with van der Waals surface area (Å²) in [6, 6.07) is 0. The zero-order valence-corrected chi connectivity index (χ0v) is 16.2. The van der Waals surface area contributed by atoms with Gasteiger partial charge in [0.15, 0.2) is 5.40 Å². The van der Waals surface area contributed by atoms with Gasteiger partial charge in [0, 0.05) is 12.2 Å². The molecule has 0 radical (unpaired) electrons. The van der Waals surface area contributed by atoms with Gasteiger partial charge in [-0.15, -0.1) is 0 Å². The molecule has 0 aromatic rings. The molecule has 0 saturated carbocycles. The molecule has 0 aliphatic rings. The molecule has 10 heteroatoms. The number of rotatable bonds is 13. The highest BCUT2D eigenvalue weighted by Crippen LogP contribution is 2.71. The van der Waals surface area contributed by atoms with Gasteiger partial charge in [-0.3, -0.25) is 13.9 Å². The number of hydrogen-bond donors (Lipinski definition) is 1. The molecule has 0 rings (SSSR count). The fourth-order valence-corrected chi connectivity index (χ4v) is 7.25. The van der Waals surface area contributed by atoms with Crippen molar-refractivity contribution < 1.29 is 32.0 Å². The van der Waals surface area contributed by atoms with Gasteiger partial charge < -0.3 is 18.1 Å². The second-order valence-corrected chi connectivity index (χ2v) is 9.29. The molecule has 0 saturated heterocycles. The van der Waals surface area contributed by atoms with Crippen LogP contribution in [-0.4, -0.2) is 43.4 Å². The molecule has 22 heavy (non-hydrogen) atoms. The monoisotopic (exact) mass is 376 g/mol. The van der Waals surface area contributed by atoms with Crippen molar-refractivity contribution in [1.29, 1.82) is 0 Å². The standard InChI is InChI=1S/C12H26O7P2S/c1-5-16-20(14,17-6-2)12(9-11(13)10-22)21(15,18-7-3)19-8-4/h12,22H,5-10H2,1-4H3. The van der Waals surface area contributed by atoms with Crippen LogP contribution in [0.4, 0.5) is 0 Å². The first-order valence-electron chi connectivity index (χ1n) is 7.23. The Labute approximate surface area is 137 Å². The zero-order chi connectivity index (χ0) is 17.2. The first-order chi connectivity index (χ1) is 10.3. The van der Waals surface area contributed by atoms with E-state index in [0.29, 0.717) is 0 Å². The lowest BCUT2D eigenvalue weighted by Crippen LogP contribution is -2.21. The van der Waals surface area contributed by atoms with E-state index in [1.54, 1.807) is 27.7 Å². The minimum atomic E-state index is -3.85. The van der Waals surface area contributed by atoms with Crippen molar-refractivity contribution in [3.8, 4) is 0 Å². The third kappa shape index (κ3) is 6.44. The highest BCUT2D eigenvalue weighted by Gasteiger charge is 2.51. The van der Waals surface area contributed by atoms with Crippen LogP contribution in [0.25, 0.3) is 0 Å². The van der Waals surface area contributed by atoms with Crippen molar-refractivity contribution in [3.63, 3.8) is 0 Å². The molecule has 0 aromatic heterocycles. The van der Waals surface area contributed by atoms with Crippen LogP contribution in [0.1, 0.15) is 34.1 Å². The second kappa shape index (κ2) is 11.0. The normalized spacial score (nSPS) is 12.8. The number of ketones is 1. The summed E-state index contributed by atoms with van der Waals surface area (Å²) in [5, 5.41) is -1.29. The van der Waals surface area contributed by atoms with Gasteiger partial charge in [0.2, 0.25) is 0 Å². The summed E-state index contributed by atoms with van der Waals surface area (Å²) < 4.78 is 47.0. The van der Waals surface area contributed by atoms with Crippen LogP contribution in [0.15, 0.2) is 0 Å². The number of thiol groups is 1. The van der Waals surface area contributed by atoms with Gasteiger partial charge in [-0.1, -0.05) is 0 Å². The predicted molar refractivity (Wildman–Crippen MR) is 89.0 cm³/mol. The van der Waals surface area contributed by atoms with E-state index in [1.807, 2.05) is 0 Å². The van der Waals surface area contributed by atoms with Crippen LogP contribution in [0.2, 0.25) is 0 Å². The summed E-state index contributed by atoms with van der Waals surface area (Å²) in [6.07, 6.45) is -0.307. The number of carbonyl (C=O) groups excluding carboxylic acids is 1. The van der Waals surface area contributed by atoms with Crippen LogP contribution < -0.4 is 0 Å². The molecule has 0 heterocycles. The van der Waals surface area contributed by atoms with Crippen LogP contribution in [0.5, 0.6) is 0 Å². The molecule has 0 amide bonds. The third-order valence-corrected chi connectivity index (χ3v) is 8.90. The summed E-state index contributed by atoms with van der Waals surface area (Å²) in [6.45, 7) is 6.88. The molecule has 0 fully saturated rings.